The van der Waals surface area contributed by atoms with Crippen molar-refractivity contribution in [1.82, 2.24) is 24.3 Å². The molecule has 5 rings (SSSR count). The number of ether oxygens (including phenoxy) is 1. The fourth-order valence-corrected chi connectivity index (χ4v) is 5.62. The van der Waals surface area contributed by atoms with Gasteiger partial charge in [-0.25, -0.2) is 4.98 Å². The highest BCUT2D eigenvalue weighted by Gasteiger charge is 2.32. The smallest absolute Gasteiger partial charge is 0.298 e. The van der Waals surface area contributed by atoms with Crippen molar-refractivity contribution in [1.29, 1.82) is 0 Å². The molecule has 2 saturated heterocycles. The maximum Gasteiger partial charge on any atom is 0.298 e. The lowest BCUT2D eigenvalue weighted by molar-refractivity contribution is -0.138. The molecule has 1 amide bonds. The molecule has 2 aliphatic heterocycles. The normalized spacial score (nSPS) is 19.2. The maximum atomic E-state index is 13.2. The molecule has 164 valence electrons. The number of imidazole rings is 1. The summed E-state index contributed by atoms with van der Waals surface area (Å²) in [7, 11) is 1.65. The van der Waals surface area contributed by atoms with Crippen LogP contribution < -0.4 is 4.74 Å². The van der Waals surface area contributed by atoms with E-state index in [-0.39, 0.29) is 12.0 Å². The van der Waals surface area contributed by atoms with Gasteiger partial charge in [0.1, 0.15) is 5.52 Å². The standard InChI is InChI=1S/C23H29N5O2S/c1-30-23-25-20-3-2-9-24-21(20)28(23)19-6-12-27(13-7-19)22(29)18-4-10-26(11-5-18)15-17-8-14-31-16-17/h2-3,8-9,14,16,18-19H,4-7,10-13,15H2,1H3. The Bertz CT molecular complexity index is 1020. The predicted octanol–water partition coefficient (Wildman–Crippen LogP) is 3.58. The summed E-state index contributed by atoms with van der Waals surface area (Å²) in [6.07, 6.45) is 5.53. The van der Waals surface area contributed by atoms with E-state index in [9.17, 15) is 4.79 Å². The number of hydrogen-bond donors (Lipinski definition) is 0. The predicted molar refractivity (Wildman–Crippen MR) is 121 cm³/mol. The summed E-state index contributed by atoms with van der Waals surface area (Å²) in [5, 5.41) is 4.35. The number of carbonyl (C=O) groups excluding carboxylic acids is 1. The lowest BCUT2D eigenvalue weighted by atomic mass is 9.93. The van der Waals surface area contributed by atoms with Crippen molar-refractivity contribution in [3.05, 3.63) is 40.7 Å². The number of fused-ring (bicyclic) bond motifs is 1. The van der Waals surface area contributed by atoms with Crippen LogP contribution >= 0.6 is 11.3 Å². The van der Waals surface area contributed by atoms with Crippen molar-refractivity contribution < 1.29 is 9.53 Å². The highest BCUT2D eigenvalue weighted by atomic mass is 32.1. The topological polar surface area (TPSA) is 63.5 Å². The molecule has 0 spiro atoms. The summed E-state index contributed by atoms with van der Waals surface area (Å²) in [5.74, 6) is 0.509. The van der Waals surface area contributed by atoms with Crippen LogP contribution in [0, 0.1) is 5.92 Å². The number of carbonyl (C=O) groups is 1. The molecule has 0 radical (unpaired) electrons. The first-order valence-corrected chi connectivity index (χ1v) is 12.1. The number of hydrogen-bond acceptors (Lipinski definition) is 6. The Morgan fingerprint density at radius 1 is 1.16 bits per heavy atom. The number of piperidine rings is 2. The van der Waals surface area contributed by atoms with Crippen LogP contribution in [0.3, 0.4) is 0 Å². The average molecular weight is 440 g/mol. The van der Waals surface area contributed by atoms with E-state index in [0.29, 0.717) is 11.9 Å². The number of pyridine rings is 1. The van der Waals surface area contributed by atoms with Gasteiger partial charge in [0.05, 0.1) is 7.11 Å². The molecule has 0 aliphatic carbocycles. The fraction of sp³-hybridized carbons (Fsp3) is 0.522. The third kappa shape index (κ3) is 4.19. The molecule has 3 aromatic rings. The van der Waals surface area contributed by atoms with Crippen molar-refractivity contribution in [3.8, 4) is 6.01 Å². The van der Waals surface area contributed by atoms with Gasteiger partial charge in [-0.3, -0.25) is 14.3 Å². The molecular weight excluding hydrogens is 410 g/mol. The summed E-state index contributed by atoms with van der Waals surface area (Å²) < 4.78 is 7.64. The molecule has 5 heterocycles. The second-order valence-corrected chi connectivity index (χ2v) is 9.33. The van der Waals surface area contributed by atoms with Crippen LogP contribution in [0.2, 0.25) is 0 Å². The number of nitrogens with zero attached hydrogens (tertiary/aromatic N) is 5. The SMILES string of the molecule is COc1nc2cccnc2n1C1CCN(C(=O)C2CCN(Cc3ccsc3)CC2)CC1. The van der Waals surface area contributed by atoms with Crippen LogP contribution in [0.15, 0.2) is 35.2 Å². The molecule has 7 nitrogen and oxygen atoms in total. The Kier molecular flexibility index (Phi) is 5.91. The van der Waals surface area contributed by atoms with Gasteiger partial charge < -0.3 is 9.64 Å². The van der Waals surface area contributed by atoms with E-state index in [1.165, 1.54) is 5.56 Å². The van der Waals surface area contributed by atoms with Crippen molar-refractivity contribution in [2.45, 2.75) is 38.3 Å². The summed E-state index contributed by atoms with van der Waals surface area (Å²) in [4.78, 5) is 26.8. The molecule has 0 atom stereocenters. The number of thiophene rings is 1. The third-order valence-electron chi connectivity index (χ3n) is 6.66. The summed E-state index contributed by atoms with van der Waals surface area (Å²) >= 11 is 1.75. The number of methoxy groups -OCH3 is 1. The van der Waals surface area contributed by atoms with Gasteiger partial charge >= 0.3 is 0 Å². The van der Waals surface area contributed by atoms with E-state index in [4.69, 9.17) is 4.74 Å². The molecule has 0 N–H and O–H groups in total. The molecular formula is C23H29N5O2S. The number of likely N-dealkylation sites (tertiary alicyclic amines) is 2. The largest absolute Gasteiger partial charge is 0.468 e. The molecule has 0 unspecified atom stereocenters. The minimum Gasteiger partial charge on any atom is -0.468 e. The number of amides is 1. The molecule has 2 aliphatic rings. The molecule has 31 heavy (non-hydrogen) atoms. The molecule has 3 aromatic heterocycles. The molecule has 2 fully saturated rings. The first kappa shape index (κ1) is 20.5. The van der Waals surface area contributed by atoms with Crippen LogP contribution in [-0.2, 0) is 11.3 Å². The van der Waals surface area contributed by atoms with E-state index >= 15 is 0 Å². The van der Waals surface area contributed by atoms with Crippen LogP contribution in [0.25, 0.3) is 11.2 Å². The monoisotopic (exact) mass is 439 g/mol. The van der Waals surface area contributed by atoms with Crippen LogP contribution in [0.5, 0.6) is 6.01 Å². The van der Waals surface area contributed by atoms with Crippen LogP contribution in [-0.4, -0.2) is 63.5 Å². The highest BCUT2D eigenvalue weighted by Crippen LogP contribution is 2.32. The van der Waals surface area contributed by atoms with E-state index in [1.54, 1.807) is 24.6 Å². The molecule has 0 bridgehead atoms. The van der Waals surface area contributed by atoms with Crippen LogP contribution in [0.1, 0.15) is 37.3 Å². The second kappa shape index (κ2) is 8.96. The van der Waals surface area contributed by atoms with Crippen molar-refractivity contribution in [3.63, 3.8) is 0 Å². The number of rotatable bonds is 5. The first-order valence-electron chi connectivity index (χ1n) is 11.1. The summed E-state index contributed by atoms with van der Waals surface area (Å²) in [6, 6.07) is 6.92. The van der Waals surface area contributed by atoms with Crippen molar-refractivity contribution in [2.24, 2.45) is 5.92 Å². The molecule has 8 heteroatoms. The summed E-state index contributed by atoms with van der Waals surface area (Å²) in [5.41, 5.74) is 3.10. The zero-order valence-corrected chi connectivity index (χ0v) is 18.8. The fourth-order valence-electron chi connectivity index (χ4n) is 4.96. The number of aromatic nitrogens is 3. The minimum atomic E-state index is 0.167. The zero-order valence-electron chi connectivity index (χ0n) is 17.9. The lowest BCUT2D eigenvalue weighted by Crippen LogP contribution is -2.45. The second-order valence-electron chi connectivity index (χ2n) is 8.55. The average Bonchev–Trinajstić information content (AvgIpc) is 3.46. The van der Waals surface area contributed by atoms with Gasteiger partial charge in [0.2, 0.25) is 5.91 Å². The highest BCUT2D eigenvalue weighted by molar-refractivity contribution is 7.07. The van der Waals surface area contributed by atoms with E-state index in [1.807, 2.05) is 12.1 Å². The van der Waals surface area contributed by atoms with E-state index in [0.717, 1.165) is 69.6 Å². The van der Waals surface area contributed by atoms with Gasteiger partial charge in [-0.2, -0.15) is 16.3 Å². The third-order valence-corrected chi connectivity index (χ3v) is 7.40. The summed E-state index contributed by atoms with van der Waals surface area (Å²) in [6.45, 7) is 4.59. The quantitative estimate of drug-likeness (QED) is 0.608. The maximum absolute atomic E-state index is 13.2. The van der Waals surface area contributed by atoms with E-state index in [2.05, 4.69) is 41.2 Å². The van der Waals surface area contributed by atoms with E-state index < -0.39 is 0 Å². The van der Waals surface area contributed by atoms with Gasteiger partial charge in [-0.1, -0.05) is 0 Å². The van der Waals surface area contributed by atoms with Crippen LogP contribution in [0.4, 0.5) is 0 Å². The Morgan fingerprint density at radius 2 is 1.97 bits per heavy atom. The Balaban J connectivity index is 1.17. The van der Waals surface area contributed by atoms with Crippen molar-refractivity contribution >= 4 is 28.4 Å². The van der Waals surface area contributed by atoms with Gasteiger partial charge in [-0.15, -0.1) is 0 Å². The molecule has 0 saturated carbocycles. The van der Waals surface area contributed by atoms with Crippen molar-refractivity contribution in [2.75, 3.05) is 33.3 Å². The van der Waals surface area contributed by atoms with Gasteiger partial charge in [0, 0.05) is 37.8 Å². The Labute approximate surface area is 186 Å². The van der Waals surface area contributed by atoms with Gasteiger partial charge in [0.25, 0.3) is 6.01 Å². The zero-order chi connectivity index (χ0) is 21.2. The lowest BCUT2D eigenvalue weighted by Gasteiger charge is -2.37. The Hall–Kier alpha value is -2.45. The first-order chi connectivity index (χ1) is 15.2. The Morgan fingerprint density at radius 3 is 2.68 bits per heavy atom. The minimum absolute atomic E-state index is 0.167. The molecule has 0 aromatic carbocycles. The van der Waals surface area contributed by atoms with Gasteiger partial charge in [0.15, 0.2) is 5.65 Å². The van der Waals surface area contributed by atoms with Gasteiger partial charge in [-0.05, 0) is 73.3 Å².